The van der Waals surface area contributed by atoms with E-state index >= 15 is 0 Å². The van der Waals surface area contributed by atoms with Crippen molar-refractivity contribution in [1.82, 2.24) is 14.8 Å². The van der Waals surface area contributed by atoms with Crippen LogP contribution in [0.25, 0.3) is 6.08 Å². The molecule has 2 heterocycles. The van der Waals surface area contributed by atoms with Crippen LogP contribution in [0.2, 0.25) is 0 Å². The van der Waals surface area contributed by atoms with Crippen molar-refractivity contribution < 1.29 is 4.74 Å². The van der Waals surface area contributed by atoms with E-state index < -0.39 is 0 Å². The lowest BCUT2D eigenvalue weighted by molar-refractivity contribution is 0.415. The van der Waals surface area contributed by atoms with Crippen molar-refractivity contribution in [3.63, 3.8) is 0 Å². The predicted molar refractivity (Wildman–Crippen MR) is 106 cm³/mol. The van der Waals surface area contributed by atoms with Crippen molar-refractivity contribution in [2.24, 2.45) is 0 Å². The van der Waals surface area contributed by atoms with Crippen LogP contribution in [0, 0.1) is 0 Å². The first kappa shape index (κ1) is 16.7. The molecule has 3 aromatic rings. The van der Waals surface area contributed by atoms with Crippen LogP contribution in [0.5, 0.6) is 5.75 Å². The van der Waals surface area contributed by atoms with Gasteiger partial charge in [-0.1, -0.05) is 54.2 Å². The molecule has 0 fully saturated rings. The summed E-state index contributed by atoms with van der Waals surface area (Å²) >= 11 is 1.71. The van der Waals surface area contributed by atoms with Crippen LogP contribution in [-0.4, -0.2) is 34.2 Å². The van der Waals surface area contributed by atoms with Gasteiger partial charge in [0, 0.05) is 24.5 Å². The van der Waals surface area contributed by atoms with Gasteiger partial charge >= 0.3 is 0 Å². The quantitative estimate of drug-likeness (QED) is 0.612. The number of nitrogens with zero attached hydrogens (tertiary/aromatic N) is 4. The molecule has 0 radical (unpaired) electrons. The Morgan fingerprint density at radius 3 is 2.62 bits per heavy atom. The monoisotopic (exact) mass is 364 g/mol. The topological polar surface area (TPSA) is 43.2 Å². The number of thioether (sulfide) groups is 1. The number of anilines is 2. The number of ether oxygens (including phenoxy) is 1. The molecule has 0 aliphatic carbocycles. The van der Waals surface area contributed by atoms with E-state index in [0.717, 1.165) is 41.4 Å². The van der Waals surface area contributed by atoms with Crippen molar-refractivity contribution >= 4 is 29.5 Å². The van der Waals surface area contributed by atoms with E-state index in [0.29, 0.717) is 0 Å². The average Bonchev–Trinajstić information content (AvgIpc) is 3.29. The lowest BCUT2D eigenvalue weighted by Crippen LogP contribution is -2.14. The molecular weight excluding hydrogens is 344 g/mol. The summed E-state index contributed by atoms with van der Waals surface area (Å²) < 4.78 is 7.42. The molecule has 132 valence electrons. The molecule has 1 aliphatic rings. The van der Waals surface area contributed by atoms with Crippen LogP contribution in [-0.2, 0) is 6.54 Å². The van der Waals surface area contributed by atoms with E-state index in [4.69, 9.17) is 4.74 Å². The van der Waals surface area contributed by atoms with Gasteiger partial charge in [0.1, 0.15) is 5.75 Å². The zero-order valence-corrected chi connectivity index (χ0v) is 15.4. The molecule has 0 amide bonds. The summed E-state index contributed by atoms with van der Waals surface area (Å²) in [6, 6.07) is 18.4. The molecule has 0 unspecified atom stereocenters. The Kier molecular flexibility index (Phi) is 4.93. The van der Waals surface area contributed by atoms with Gasteiger partial charge in [-0.3, -0.25) is 4.57 Å². The zero-order valence-electron chi connectivity index (χ0n) is 14.6. The van der Waals surface area contributed by atoms with Gasteiger partial charge < -0.3 is 9.64 Å². The predicted octanol–water partition coefficient (Wildman–Crippen LogP) is 4.24. The molecule has 0 saturated heterocycles. The molecule has 0 spiro atoms. The maximum atomic E-state index is 5.23. The van der Waals surface area contributed by atoms with E-state index in [9.17, 15) is 0 Å². The summed E-state index contributed by atoms with van der Waals surface area (Å²) in [6.45, 7) is 1.81. The van der Waals surface area contributed by atoms with E-state index in [1.165, 1.54) is 5.56 Å². The van der Waals surface area contributed by atoms with Gasteiger partial charge in [0.15, 0.2) is 5.16 Å². The molecule has 1 aliphatic heterocycles. The standard InChI is InChI=1S/C20H20N4OS/c1-25-18-11-9-17(10-12-18)23-13-14-24-19(23)21-22-20(24)26-15-5-8-16-6-3-2-4-7-16/h2-12H,13-15H2,1H3. The van der Waals surface area contributed by atoms with Crippen LogP contribution in [0.4, 0.5) is 11.6 Å². The second kappa shape index (κ2) is 7.66. The molecule has 0 N–H and O–H groups in total. The minimum Gasteiger partial charge on any atom is -0.497 e. The Morgan fingerprint density at radius 1 is 1.04 bits per heavy atom. The van der Waals surface area contributed by atoms with E-state index in [1.807, 2.05) is 30.3 Å². The third-order valence-corrected chi connectivity index (χ3v) is 5.21. The number of aromatic nitrogens is 3. The summed E-state index contributed by atoms with van der Waals surface area (Å²) in [5.74, 6) is 2.64. The Labute approximate surface area is 157 Å². The highest BCUT2D eigenvalue weighted by atomic mass is 32.2. The van der Waals surface area contributed by atoms with Gasteiger partial charge in [0.05, 0.1) is 7.11 Å². The Balaban J connectivity index is 1.42. The van der Waals surface area contributed by atoms with Crippen molar-refractivity contribution in [1.29, 1.82) is 0 Å². The molecule has 1 aromatic heterocycles. The summed E-state index contributed by atoms with van der Waals surface area (Å²) in [7, 11) is 1.68. The second-order valence-corrected chi connectivity index (χ2v) is 6.90. The minimum absolute atomic E-state index is 0.857. The number of rotatable bonds is 6. The molecule has 6 heteroatoms. The van der Waals surface area contributed by atoms with Gasteiger partial charge in [0.2, 0.25) is 5.95 Å². The first-order valence-electron chi connectivity index (χ1n) is 8.54. The zero-order chi connectivity index (χ0) is 17.8. The van der Waals surface area contributed by atoms with Crippen molar-refractivity contribution in [3.8, 4) is 5.75 Å². The maximum Gasteiger partial charge on any atom is 0.232 e. The van der Waals surface area contributed by atoms with E-state index in [2.05, 4.69) is 56.1 Å². The van der Waals surface area contributed by atoms with Crippen molar-refractivity contribution in [2.75, 3.05) is 24.3 Å². The molecule has 0 bridgehead atoms. The fourth-order valence-corrected chi connectivity index (χ4v) is 3.73. The molecular formula is C20H20N4OS. The first-order valence-corrected chi connectivity index (χ1v) is 9.53. The van der Waals surface area contributed by atoms with Crippen LogP contribution in [0.3, 0.4) is 0 Å². The smallest absolute Gasteiger partial charge is 0.232 e. The molecule has 5 nitrogen and oxygen atoms in total. The maximum absolute atomic E-state index is 5.23. The summed E-state index contributed by atoms with van der Waals surface area (Å²) in [4.78, 5) is 2.19. The summed E-state index contributed by atoms with van der Waals surface area (Å²) in [5, 5.41) is 9.73. The SMILES string of the molecule is COc1ccc(N2CCn3c(SCC=Cc4ccccc4)nnc32)cc1. The third-order valence-electron chi connectivity index (χ3n) is 4.29. The van der Waals surface area contributed by atoms with Gasteiger partial charge in [-0.05, 0) is 29.8 Å². The Hall–Kier alpha value is -2.73. The van der Waals surface area contributed by atoms with Crippen LogP contribution >= 0.6 is 11.8 Å². The van der Waals surface area contributed by atoms with Crippen molar-refractivity contribution in [2.45, 2.75) is 11.7 Å². The molecule has 2 aromatic carbocycles. The number of fused-ring (bicyclic) bond motifs is 1. The Morgan fingerprint density at radius 2 is 1.85 bits per heavy atom. The second-order valence-electron chi connectivity index (χ2n) is 5.91. The average molecular weight is 364 g/mol. The summed E-state index contributed by atoms with van der Waals surface area (Å²) in [5.41, 5.74) is 2.32. The van der Waals surface area contributed by atoms with Crippen LogP contribution in [0.15, 0.2) is 65.8 Å². The molecule has 26 heavy (non-hydrogen) atoms. The highest BCUT2D eigenvalue weighted by molar-refractivity contribution is 7.99. The fourth-order valence-electron chi connectivity index (χ4n) is 2.96. The minimum atomic E-state index is 0.857. The van der Waals surface area contributed by atoms with Crippen molar-refractivity contribution in [3.05, 3.63) is 66.2 Å². The highest BCUT2D eigenvalue weighted by Crippen LogP contribution is 2.32. The first-order chi connectivity index (χ1) is 12.8. The van der Waals surface area contributed by atoms with Gasteiger partial charge in [0.25, 0.3) is 0 Å². The number of benzene rings is 2. The molecule has 0 atom stereocenters. The number of hydrogen-bond donors (Lipinski definition) is 0. The van der Waals surface area contributed by atoms with Crippen LogP contribution in [0.1, 0.15) is 5.56 Å². The van der Waals surface area contributed by atoms with Gasteiger partial charge in [-0.15, -0.1) is 10.2 Å². The third kappa shape index (κ3) is 3.46. The van der Waals surface area contributed by atoms with E-state index in [1.54, 1.807) is 18.9 Å². The normalized spacial score (nSPS) is 13.3. The Bertz CT molecular complexity index is 890. The van der Waals surface area contributed by atoms with Crippen LogP contribution < -0.4 is 9.64 Å². The fraction of sp³-hybridized carbons (Fsp3) is 0.200. The molecule has 4 rings (SSSR count). The van der Waals surface area contributed by atoms with Gasteiger partial charge in [-0.25, -0.2) is 0 Å². The number of hydrogen-bond acceptors (Lipinski definition) is 5. The molecule has 0 saturated carbocycles. The lowest BCUT2D eigenvalue weighted by Gasteiger charge is -2.15. The largest absolute Gasteiger partial charge is 0.497 e. The highest BCUT2D eigenvalue weighted by Gasteiger charge is 2.25. The van der Waals surface area contributed by atoms with E-state index in [-0.39, 0.29) is 0 Å². The number of methoxy groups -OCH3 is 1. The lowest BCUT2D eigenvalue weighted by atomic mass is 10.2. The van der Waals surface area contributed by atoms with Gasteiger partial charge in [-0.2, -0.15) is 0 Å². The summed E-state index contributed by atoms with van der Waals surface area (Å²) in [6.07, 6.45) is 4.30.